The maximum absolute atomic E-state index is 13.1. The van der Waals surface area contributed by atoms with Crippen LogP contribution in [-0.2, 0) is 4.79 Å². The minimum Gasteiger partial charge on any atom is -0.336 e. The van der Waals surface area contributed by atoms with Crippen molar-refractivity contribution in [2.45, 2.75) is 19.9 Å². The van der Waals surface area contributed by atoms with Gasteiger partial charge in [0.1, 0.15) is 5.82 Å². The smallest absolute Gasteiger partial charge is 0.319 e. The van der Waals surface area contributed by atoms with Gasteiger partial charge < -0.3 is 16.0 Å². The number of hydrogen-bond acceptors (Lipinski definition) is 2. The summed E-state index contributed by atoms with van der Waals surface area (Å²) in [4.78, 5) is 23.5. The van der Waals surface area contributed by atoms with Gasteiger partial charge in [-0.25, -0.2) is 9.18 Å². The van der Waals surface area contributed by atoms with Gasteiger partial charge in [0.2, 0.25) is 5.91 Å². The van der Waals surface area contributed by atoms with E-state index in [9.17, 15) is 14.0 Å². The molecule has 0 saturated heterocycles. The van der Waals surface area contributed by atoms with Crippen LogP contribution in [0.1, 0.15) is 19.4 Å². The number of hydrogen-bond donors (Lipinski definition) is 3. The molecule has 25 heavy (non-hydrogen) atoms. The highest BCUT2D eigenvalue weighted by molar-refractivity contribution is 6.02. The zero-order valence-corrected chi connectivity index (χ0v) is 14.0. The van der Waals surface area contributed by atoms with Gasteiger partial charge in [-0.15, -0.1) is 0 Å². The molecule has 0 radical (unpaired) electrons. The predicted octanol–water partition coefficient (Wildman–Crippen LogP) is 4.01. The number of urea groups is 1. The topological polar surface area (TPSA) is 70.2 Å². The predicted molar refractivity (Wildman–Crippen MR) is 97.8 cm³/mol. The highest BCUT2D eigenvalue weighted by atomic mass is 19.1. The number of halogens is 1. The molecule has 0 atom stereocenters. The Balaban J connectivity index is 1.90. The lowest BCUT2D eigenvalue weighted by Crippen LogP contribution is -2.34. The van der Waals surface area contributed by atoms with Gasteiger partial charge in [0, 0.05) is 23.5 Å². The van der Waals surface area contributed by atoms with E-state index in [0.717, 1.165) is 0 Å². The van der Waals surface area contributed by atoms with Gasteiger partial charge in [-0.2, -0.15) is 0 Å². The van der Waals surface area contributed by atoms with Gasteiger partial charge in [-0.1, -0.05) is 12.1 Å². The van der Waals surface area contributed by atoms with E-state index in [1.54, 1.807) is 36.4 Å². The lowest BCUT2D eigenvalue weighted by Gasteiger charge is -2.10. The molecular formula is C19H20FN3O2. The molecule has 0 aromatic heterocycles. The average molecular weight is 341 g/mol. The van der Waals surface area contributed by atoms with Crippen LogP contribution in [-0.4, -0.2) is 18.0 Å². The Hall–Kier alpha value is -3.15. The first-order chi connectivity index (χ1) is 11.9. The zero-order valence-electron chi connectivity index (χ0n) is 14.0. The second-order valence-corrected chi connectivity index (χ2v) is 5.71. The molecule has 2 rings (SSSR count). The fraction of sp³-hybridized carbons (Fsp3) is 0.158. The van der Waals surface area contributed by atoms with Crippen molar-refractivity contribution in [3.8, 4) is 0 Å². The molecule has 5 nitrogen and oxygen atoms in total. The number of anilines is 2. The molecule has 0 bridgehead atoms. The van der Waals surface area contributed by atoms with Crippen molar-refractivity contribution in [2.24, 2.45) is 0 Å². The molecule has 0 heterocycles. The molecule has 3 N–H and O–H groups in total. The maximum atomic E-state index is 13.1. The van der Waals surface area contributed by atoms with E-state index in [0.29, 0.717) is 16.9 Å². The van der Waals surface area contributed by atoms with Crippen LogP contribution in [0, 0.1) is 5.82 Å². The number of carbonyl (C=O) groups is 2. The van der Waals surface area contributed by atoms with Gasteiger partial charge >= 0.3 is 6.03 Å². The van der Waals surface area contributed by atoms with Crippen molar-refractivity contribution in [3.05, 3.63) is 66.0 Å². The quantitative estimate of drug-likeness (QED) is 0.719. The lowest BCUT2D eigenvalue weighted by atomic mass is 10.2. The summed E-state index contributed by atoms with van der Waals surface area (Å²) in [7, 11) is 0. The Morgan fingerprint density at radius 1 is 1.00 bits per heavy atom. The van der Waals surface area contributed by atoms with Gasteiger partial charge in [-0.3, -0.25) is 4.79 Å². The summed E-state index contributed by atoms with van der Waals surface area (Å²) in [6.45, 7) is 3.74. The average Bonchev–Trinajstić information content (AvgIpc) is 2.54. The second-order valence-electron chi connectivity index (χ2n) is 5.71. The normalized spacial score (nSPS) is 10.7. The maximum Gasteiger partial charge on any atom is 0.319 e. The summed E-state index contributed by atoms with van der Waals surface area (Å²) >= 11 is 0. The number of amides is 3. The molecule has 0 aliphatic carbocycles. The van der Waals surface area contributed by atoms with Crippen LogP contribution in [0.2, 0.25) is 0 Å². The van der Waals surface area contributed by atoms with Gasteiger partial charge in [-0.05, 0) is 61.9 Å². The molecule has 0 spiro atoms. The Bertz CT molecular complexity index is 770. The third-order valence-corrected chi connectivity index (χ3v) is 3.11. The monoisotopic (exact) mass is 341 g/mol. The first-order valence-electron chi connectivity index (χ1n) is 7.84. The van der Waals surface area contributed by atoms with Crippen LogP contribution in [0.3, 0.4) is 0 Å². The molecule has 0 aliphatic rings. The number of carbonyl (C=O) groups excluding carboxylic acids is 2. The van der Waals surface area contributed by atoms with Gasteiger partial charge in [0.15, 0.2) is 0 Å². The first-order valence-corrected chi connectivity index (χ1v) is 7.84. The molecule has 0 aliphatic heterocycles. The largest absolute Gasteiger partial charge is 0.336 e. The first kappa shape index (κ1) is 18.2. The van der Waals surface area contributed by atoms with E-state index in [2.05, 4.69) is 16.0 Å². The summed E-state index contributed by atoms with van der Waals surface area (Å²) in [5.41, 5.74) is 1.81. The number of rotatable bonds is 5. The van der Waals surface area contributed by atoms with E-state index in [-0.39, 0.29) is 23.8 Å². The van der Waals surface area contributed by atoms with Crippen LogP contribution >= 0.6 is 0 Å². The minimum atomic E-state index is -0.354. The van der Waals surface area contributed by atoms with E-state index in [4.69, 9.17) is 0 Å². The van der Waals surface area contributed by atoms with Crippen LogP contribution in [0.15, 0.2) is 54.6 Å². The van der Waals surface area contributed by atoms with Gasteiger partial charge in [0.05, 0.1) is 0 Å². The Morgan fingerprint density at radius 3 is 2.24 bits per heavy atom. The van der Waals surface area contributed by atoms with E-state index < -0.39 is 0 Å². The Labute approximate surface area is 145 Å². The fourth-order valence-corrected chi connectivity index (χ4v) is 2.03. The Morgan fingerprint density at radius 2 is 1.64 bits per heavy atom. The lowest BCUT2D eigenvalue weighted by molar-refractivity contribution is -0.111. The summed E-state index contributed by atoms with van der Waals surface area (Å²) in [5.74, 6) is -0.685. The molecule has 0 unspecified atom stereocenters. The van der Waals surface area contributed by atoms with E-state index in [1.165, 1.54) is 24.3 Å². The number of nitrogens with one attached hydrogen (secondary N) is 3. The SMILES string of the molecule is CC(C)NC(=O)Nc1ccc(NC(=O)/C=C/c2cccc(F)c2)cc1. The van der Waals surface area contributed by atoms with Crippen molar-refractivity contribution in [1.82, 2.24) is 5.32 Å². The molecular weight excluding hydrogens is 321 g/mol. The van der Waals surface area contributed by atoms with Crippen molar-refractivity contribution in [1.29, 1.82) is 0 Å². The molecule has 6 heteroatoms. The molecule has 130 valence electrons. The van der Waals surface area contributed by atoms with Crippen molar-refractivity contribution in [2.75, 3.05) is 10.6 Å². The molecule has 2 aromatic carbocycles. The second kappa shape index (κ2) is 8.63. The molecule has 2 aromatic rings. The van der Waals surface area contributed by atoms with Crippen LogP contribution in [0.5, 0.6) is 0 Å². The summed E-state index contributed by atoms with van der Waals surface area (Å²) in [6, 6.07) is 12.5. The van der Waals surface area contributed by atoms with Crippen LogP contribution in [0.25, 0.3) is 6.08 Å². The van der Waals surface area contributed by atoms with Gasteiger partial charge in [0.25, 0.3) is 0 Å². The minimum absolute atomic E-state index is 0.0449. The molecule has 3 amide bonds. The van der Waals surface area contributed by atoms with Crippen molar-refractivity contribution in [3.63, 3.8) is 0 Å². The summed E-state index contributed by atoms with van der Waals surface area (Å²) in [5, 5.41) is 8.10. The molecule has 0 fully saturated rings. The third kappa shape index (κ3) is 6.47. The van der Waals surface area contributed by atoms with Crippen LogP contribution < -0.4 is 16.0 Å². The third-order valence-electron chi connectivity index (χ3n) is 3.11. The van der Waals surface area contributed by atoms with E-state index >= 15 is 0 Å². The van der Waals surface area contributed by atoms with Crippen LogP contribution in [0.4, 0.5) is 20.6 Å². The standard InChI is InChI=1S/C19H20FN3O2/c1-13(2)21-19(25)23-17-9-7-16(8-10-17)22-18(24)11-6-14-4-3-5-15(20)12-14/h3-13H,1-2H3,(H,22,24)(H2,21,23,25)/b11-6+. The number of benzene rings is 2. The highest BCUT2D eigenvalue weighted by Gasteiger charge is 2.04. The van der Waals surface area contributed by atoms with Crippen molar-refractivity contribution < 1.29 is 14.0 Å². The zero-order chi connectivity index (χ0) is 18.2. The highest BCUT2D eigenvalue weighted by Crippen LogP contribution is 2.14. The Kier molecular flexibility index (Phi) is 6.28. The van der Waals surface area contributed by atoms with E-state index in [1.807, 2.05) is 13.8 Å². The fourth-order valence-electron chi connectivity index (χ4n) is 2.03. The summed E-state index contributed by atoms with van der Waals surface area (Å²) < 4.78 is 13.1. The van der Waals surface area contributed by atoms with Crippen molar-refractivity contribution >= 4 is 29.4 Å². The summed E-state index contributed by atoms with van der Waals surface area (Å²) in [6.07, 6.45) is 2.86. The molecule has 0 saturated carbocycles.